The smallest absolute Gasteiger partial charge is 0.145 e. The molecule has 2 rings (SSSR count). The molecule has 1 N–H and O–H groups in total. The van der Waals surface area contributed by atoms with Crippen LogP contribution in [0.1, 0.15) is 17.0 Å². The lowest BCUT2D eigenvalue weighted by Gasteiger charge is -2.04. The van der Waals surface area contributed by atoms with E-state index in [0.29, 0.717) is 17.1 Å². The minimum Gasteiger partial charge on any atom is -0.487 e. The molecular weight excluding hydrogens is 251 g/mol. The van der Waals surface area contributed by atoms with Gasteiger partial charge >= 0.3 is 0 Å². The first kappa shape index (κ1) is 13.1. The molecule has 0 atom stereocenters. The SMILES string of the molecule is Cc1nonc1COc1ccc(C#CCO)c(F)c1. The lowest BCUT2D eigenvalue weighted by Crippen LogP contribution is -1.98. The molecule has 1 aromatic heterocycles. The quantitative estimate of drug-likeness (QED) is 0.848. The molecule has 0 aliphatic heterocycles. The van der Waals surface area contributed by atoms with Crippen LogP contribution >= 0.6 is 0 Å². The number of aryl methyl sites for hydroxylation is 1. The van der Waals surface area contributed by atoms with E-state index in [1.807, 2.05) is 0 Å². The van der Waals surface area contributed by atoms with Gasteiger partial charge in [0.25, 0.3) is 0 Å². The lowest BCUT2D eigenvalue weighted by molar-refractivity contribution is 0.269. The minimum absolute atomic E-state index is 0.149. The van der Waals surface area contributed by atoms with Crippen molar-refractivity contribution in [1.29, 1.82) is 0 Å². The Balaban J connectivity index is 2.06. The Morgan fingerprint density at radius 2 is 2.26 bits per heavy atom. The van der Waals surface area contributed by atoms with Crippen molar-refractivity contribution in [2.45, 2.75) is 13.5 Å². The van der Waals surface area contributed by atoms with E-state index in [4.69, 9.17) is 9.84 Å². The molecule has 0 aliphatic rings. The van der Waals surface area contributed by atoms with Crippen LogP contribution in [0.4, 0.5) is 4.39 Å². The van der Waals surface area contributed by atoms with Gasteiger partial charge in [0, 0.05) is 6.07 Å². The van der Waals surface area contributed by atoms with Crippen LogP contribution in [0.5, 0.6) is 5.75 Å². The first-order valence-electron chi connectivity index (χ1n) is 5.51. The van der Waals surface area contributed by atoms with Crippen LogP contribution < -0.4 is 4.74 Å². The summed E-state index contributed by atoms with van der Waals surface area (Å²) in [7, 11) is 0. The van der Waals surface area contributed by atoms with Crippen molar-refractivity contribution in [2.24, 2.45) is 0 Å². The van der Waals surface area contributed by atoms with Crippen molar-refractivity contribution in [1.82, 2.24) is 10.3 Å². The summed E-state index contributed by atoms with van der Waals surface area (Å²) in [6.07, 6.45) is 0. The van der Waals surface area contributed by atoms with Gasteiger partial charge in [0.15, 0.2) is 0 Å². The van der Waals surface area contributed by atoms with E-state index in [9.17, 15) is 4.39 Å². The Bertz CT molecular complexity index is 628. The summed E-state index contributed by atoms with van der Waals surface area (Å²) in [5.74, 6) is 4.73. The minimum atomic E-state index is -0.506. The molecule has 1 heterocycles. The monoisotopic (exact) mass is 262 g/mol. The molecule has 0 fully saturated rings. The lowest BCUT2D eigenvalue weighted by atomic mass is 10.2. The zero-order chi connectivity index (χ0) is 13.7. The first-order valence-corrected chi connectivity index (χ1v) is 5.51. The molecule has 19 heavy (non-hydrogen) atoms. The average Bonchev–Trinajstić information content (AvgIpc) is 2.81. The Labute approximate surface area is 109 Å². The second-order valence-corrected chi connectivity index (χ2v) is 3.69. The second kappa shape index (κ2) is 5.98. The summed E-state index contributed by atoms with van der Waals surface area (Å²) in [6, 6.07) is 4.30. The molecule has 0 spiro atoms. The summed E-state index contributed by atoms with van der Waals surface area (Å²) >= 11 is 0. The summed E-state index contributed by atoms with van der Waals surface area (Å²) in [5.41, 5.74) is 1.40. The molecule has 0 unspecified atom stereocenters. The molecule has 0 saturated carbocycles. The van der Waals surface area contributed by atoms with E-state index in [2.05, 4.69) is 26.8 Å². The topological polar surface area (TPSA) is 68.4 Å². The van der Waals surface area contributed by atoms with Crippen molar-refractivity contribution in [2.75, 3.05) is 6.61 Å². The van der Waals surface area contributed by atoms with Gasteiger partial charge in [-0.15, -0.1) is 0 Å². The Morgan fingerprint density at radius 3 is 2.89 bits per heavy atom. The molecular formula is C13H11FN2O3. The first-order chi connectivity index (χ1) is 9.20. The van der Waals surface area contributed by atoms with Crippen LogP contribution in [-0.4, -0.2) is 22.0 Å². The number of hydrogen-bond acceptors (Lipinski definition) is 5. The van der Waals surface area contributed by atoms with Gasteiger partial charge in [-0.1, -0.05) is 22.2 Å². The molecule has 0 aliphatic carbocycles. The fourth-order valence-electron chi connectivity index (χ4n) is 1.35. The van der Waals surface area contributed by atoms with Crippen molar-refractivity contribution in [3.05, 3.63) is 41.0 Å². The molecule has 0 radical (unpaired) electrons. The van der Waals surface area contributed by atoms with Crippen molar-refractivity contribution >= 4 is 0 Å². The van der Waals surface area contributed by atoms with E-state index in [0.717, 1.165) is 0 Å². The number of benzene rings is 1. The highest BCUT2D eigenvalue weighted by atomic mass is 19.1. The van der Waals surface area contributed by atoms with Crippen LogP contribution in [0, 0.1) is 24.6 Å². The summed E-state index contributed by atoms with van der Waals surface area (Å²) in [5, 5.41) is 15.8. The largest absolute Gasteiger partial charge is 0.487 e. The highest BCUT2D eigenvalue weighted by Gasteiger charge is 2.07. The van der Waals surface area contributed by atoms with E-state index in [1.54, 1.807) is 13.0 Å². The van der Waals surface area contributed by atoms with Gasteiger partial charge in [0.2, 0.25) is 0 Å². The molecule has 6 heteroatoms. The van der Waals surface area contributed by atoms with Gasteiger partial charge in [-0.3, -0.25) is 0 Å². The molecule has 0 amide bonds. The Morgan fingerprint density at radius 1 is 1.42 bits per heavy atom. The van der Waals surface area contributed by atoms with E-state index >= 15 is 0 Å². The summed E-state index contributed by atoms with van der Waals surface area (Å²) < 4.78 is 23.5. The third-order valence-corrected chi connectivity index (χ3v) is 2.36. The second-order valence-electron chi connectivity index (χ2n) is 3.69. The van der Waals surface area contributed by atoms with Gasteiger partial charge in [0.1, 0.15) is 36.2 Å². The van der Waals surface area contributed by atoms with Gasteiger partial charge < -0.3 is 9.84 Å². The number of nitrogens with zero attached hydrogens (tertiary/aromatic N) is 2. The zero-order valence-electron chi connectivity index (χ0n) is 10.2. The standard InChI is InChI=1S/C13H11FN2O3/c1-9-13(16-19-15-9)8-18-11-5-4-10(3-2-6-17)12(14)7-11/h4-5,7,17H,6,8H2,1H3. The molecule has 1 aromatic carbocycles. The third kappa shape index (κ3) is 3.30. The van der Waals surface area contributed by atoms with Crippen molar-refractivity contribution < 1.29 is 18.9 Å². The normalized spacial score (nSPS) is 9.84. The molecule has 0 bridgehead atoms. The van der Waals surface area contributed by atoms with E-state index < -0.39 is 5.82 Å². The number of aromatic nitrogens is 2. The van der Waals surface area contributed by atoms with Gasteiger partial charge in [-0.2, -0.15) is 0 Å². The van der Waals surface area contributed by atoms with Crippen LogP contribution in [0.15, 0.2) is 22.8 Å². The van der Waals surface area contributed by atoms with E-state index in [-0.39, 0.29) is 18.8 Å². The predicted octanol–water partition coefficient (Wildman–Crippen LogP) is 1.44. The summed E-state index contributed by atoms with van der Waals surface area (Å²) in [4.78, 5) is 0. The average molecular weight is 262 g/mol. The van der Waals surface area contributed by atoms with Crippen molar-refractivity contribution in [3.63, 3.8) is 0 Å². The zero-order valence-corrected chi connectivity index (χ0v) is 10.2. The van der Waals surface area contributed by atoms with Crippen LogP contribution in [-0.2, 0) is 6.61 Å². The maximum absolute atomic E-state index is 13.6. The Hall–Kier alpha value is -2.39. The number of hydrogen-bond donors (Lipinski definition) is 1. The van der Waals surface area contributed by atoms with E-state index in [1.165, 1.54) is 12.1 Å². The summed E-state index contributed by atoms with van der Waals surface area (Å²) in [6.45, 7) is 1.58. The molecule has 5 nitrogen and oxygen atoms in total. The predicted molar refractivity (Wildman–Crippen MR) is 63.7 cm³/mol. The van der Waals surface area contributed by atoms with Gasteiger partial charge in [0.05, 0.1) is 5.56 Å². The fourth-order valence-corrected chi connectivity index (χ4v) is 1.35. The van der Waals surface area contributed by atoms with Gasteiger partial charge in [-0.05, 0) is 19.1 Å². The number of halogens is 1. The maximum Gasteiger partial charge on any atom is 0.145 e. The molecule has 0 saturated heterocycles. The number of aliphatic hydroxyl groups excluding tert-OH is 1. The number of ether oxygens (including phenoxy) is 1. The molecule has 98 valence electrons. The highest BCUT2D eigenvalue weighted by Crippen LogP contribution is 2.17. The fraction of sp³-hybridized carbons (Fsp3) is 0.231. The van der Waals surface area contributed by atoms with Crippen LogP contribution in [0.3, 0.4) is 0 Å². The number of rotatable bonds is 3. The van der Waals surface area contributed by atoms with Gasteiger partial charge in [-0.25, -0.2) is 9.02 Å². The maximum atomic E-state index is 13.6. The third-order valence-electron chi connectivity index (χ3n) is 2.36. The van der Waals surface area contributed by atoms with Crippen LogP contribution in [0.2, 0.25) is 0 Å². The number of aliphatic hydroxyl groups is 1. The molecule has 2 aromatic rings. The van der Waals surface area contributed by atoms with Crippen molar-refractivity contribution in [3.8, 4) is 17.6 Å². The Kier molecular flexibility index (Phi) is 4.11. The van der Waals surface area contributed by atoms with Crippen LogP contribution in [0.25, 0.3) is 0 Å². The highest BCUT2D eigenvalue weighted by molar-refractivity contribution is 5.39.